The van der Waals surface area contributed by atoms with Gasteiger partial charge in [0.15, 0.2) is 5.82 Å². The second-order valence-electron chi connectivity index (χ2n) is 13.6. The first-order valence-electron chi connectivity index (χ1n) is 17.9. The molecule has 0 amide bonds. The van der Waals surface area contributed by atoms with Gasteiger partial charge in [-0.3, -0.25) is 4.98 Å². The topological polar surface area (TPSA) is 43.6 Å². The van der Waals surface area contributed by atoms with Crippen molar-refractivity contribution in [1.82, 2.24) is 19.5 Å². The quantitative estimate of drug-likeness (QED) is 0.182. The average Bonchev–Trinajstić information content (AvgIpc) is 3.75. The maximum atomic E-state index is 5.31. The van der Waals surface area contributed by atoms with Gasteiger partial charge in [0.2, 0.25) is 0 Å². The van der Waals surface area contributed by atoms with Gasteiger partial charge in [0.05, 0.1) is 28.1 Å². The molecule has 0 spiro atoms. The summed E-state index contributed by atoms with van der Waals surface area (Å²) in [6, 6.07) is 62.3. The number of para-hydroxylation sites is 2. The number of hydrogen-bond donors (Lipinski definition) is 0. The van der Waals surface area contributed by atoms with E-state index in [9.17, 15) is 0 Å². The van der Waals surface area contributed by atoms with Crippen LogP contribution in [-0.2, 0) is 0 Å². The summed E-state index contributed by atoms with van der Waals surface area (Å²) in [5.74, 6) is 0.706. The summed E-state index contributed by atoms with van der Waals surface area (Å²) in [6.07, 6.45) is 1.83. The lowest BCUT2D eigenvalue weighted by Crippen LogP contribution is -1.98. The highest BCUT2D eigenvalue weighted by atomic mass is 15.0. The van der Waals surface area contributed by atoms with Gasteiger partial charge in [-0.25, -0.2) is 9.97 Å². The van der Waals surface area contributed by atoms with Crippen molar-refractivity contribution in [3.8, 4) is 73.1 Å². The van der Waals surface area contributed by atoms with Gasteiger partial charge in [0, 0.05) is 44.9 Å². The first kappa shape index (κ1) is 29.5. The van der Waals surface area contributed by atoms with E-state index in [2.05, 4.69) is 167 Å². The van der Waals surface area contributed by atoms with Crippen molar-refractivity contribution in [3.63, 3.8) is 0 Å². The van der Waals surface area contributed by atoms with E-state index in [1.165, 1.54) is 49.4 Å². The molecule has 0 aliphatic heterocycles. The maximum absolute atomic E-state index is 5.31. The minimum absolute atomic E-state index is 0.706. The molecule has 0 N–H and O–H groups in total. The smallest absolute Gasteiger partial charge is 0.161 e. The summed E-state index contributed by atoms with van der Waals surface area (Å²) < 4.78 is 2.35. The molecule has 246 valence electrons. The van der Waals surface area contributed by atoms with Crippen molar-refractivity contribution in [1.29, 1.82) is 0 Å². The minimum atomic E-state index is 0.706. The van der Waals surface area contributed by atoms with E-state index in [-0.39, 0.29) is 0 Å². The Hall–Kier alpha value is -7.17. The number of hydrogen-bond acceptors (Lipinski definition) is 3. The van der Waals surface area contributed by atoms with E-state index >= 15 is 0 Å². The van der Waals surface area contributed by atoms with E-state index in [1.807, 2.05) is 24.4 Å². The molecule has 0 bridgehead atoms. The van der Waals surface area contributed by atoms with E-state index in [0.717, 1.165) is 50.4 Å². The van der Waals surface area contributed by atoms with Crippen LogP contribution in [0.25, 0.3) is 106 Å². The molecule has 10 aromatic rings. The second-order valence-corrected chi connectivity index (χ2v) is 13.6. The first-order chi connectivity index (χ1) is 26.3. The minimum Gasteiger partial charge on any atom is -0.309 e. The highest BCUT2D eigenvalue weighted by molar-refractivity contribution is 6.18. The van der Waals surface area contributed by atoms with Gasteiger partial charge >= 0.3 is 0 Å². The highest BCUT2D eigenvalue weighted by Gasteiger charge is 2.23. The van der Waals surface area contributed by atoms with Gasteiger partial charge in [-0.1, -0.05) is 127 Å². The third-order valence-electron chi connectivity index (χ3n) is 10.7. The van der Waals surface area contributed by atoms with Crippen LogP contribution in [-0.4, -0.2) is 19.5 Å². The van der Waals surface area contributed by atoms with Crippen LogP contribution in [0, 0.1) is 0 Å². The number of pyridine rings is 1. The van der Waals surface area contributed by atoms with Crippen molar-refractivity contribution in [2.45, 2.75) is 0 Å². The van der Waals surface area contributed by atoms with Crippen LogP contribution in [0.3, 0.4) is 0 Å². The van der Waals surface area contributed by atoms with E-state index < -0.39 is 0 Å². The van der Waals surface area contributed by atoms with Gasteiger partial charge in [-0.2, -0.15) is 0 Å². The van der Waals surface area contributed by atoms with Crippen LogP contribution in [0.4, 0.5) is 0 Å². The molecule has 4 nitrogen and oxygen atoms in total. The van der Waals surface area contributed by atoms with Gasteiger partial charge in [-0.05, 0) is 81.6 Å². The lowest BCUT2D eigenvalue weighted by Gasteiger charge is -2.13. The maximum Gasteiger partial charge on any atom is 0.161 e. The molecule has 7 aromatic carbocycles. The predicted octanol–water partition coefficient (Wildman–Crippen LogP) is 12.4. The number of rotatable bonds is 5. The SMILES string of the molecule is c1ccc(-c2ccc(-c3cc(-c4ccc(-n5c6ccccc6c6ccccc65)cc4)nc(-c4ccc5c6c(cccc46)-c4ccccc4-5)n3)cc2)nc1. The number of fused-ring (bicyclic) bond motifs is 6. The molecule has 1 aliphatic carbocycles. The van der Waals surface area contributed by atoms with Gasteiger partial charge in [0.1, 0.15) is 0 Å². The Morgan fingerprint density at radius 2 is 0.868 bits per heavy atom. The third kappa shape index (κ3) is 4.66. The molecule has 4 heteroatoms. The van der Waals surface area contributed by atoms with Gasteiger partial charge < -0.3 is 4.57 Å². The van der Waals surface area contributed by atoms with Gasteiger partial charge in [-0.15, -0.1) is 0 Å². The van der Waals surface area contributed by atoms with Crippen LogP contribution in [0.1, 0.15) is 0 Å². The molecule has 0 unspecified atom stereocenters. The van der Waals surface area contributed by atoms with Crippen molar-refractivity contribution < 1.29 is 0 Å². The normalized spacial score (nSPS) is 11.8. The molecule has 0 radical (unpaired) electrons. The average molecular weight is 675 g/mol. The monoisotopic (exact) mass is 674 g/mol. The standard InChI is InChI=1S/C49H30N4/c1-2-11-36-35(10-1)39-14-9-15-40-42(28-27-41(36)48(39)40)49-51-44(32-21-19-31(20-22-32)43-16-7-8-29-50-43)30-45(52-49)33-23-25-34(26-24-33)53-46-17-5-3-12-37(46)38-13-4-6-18-47(38)53/h1-30H. The molecule has 0 saturated heterocycles. The second kappa shape index (κ2) is 11.7. The fourth-order valence-electron chi connectivity index (χ4n) is 8.19. The Morgan fingerprint density at radius 3 is 1.51 bits per heavy atom. The number of benzene rings is 7. The van der Waals surface area contributed by atoms with Crippen molar-refractivity contribution in [2.75, 3.05) is 0 Å². The lowest BCUT2D eigenvalue weighted by molar-refractivity contribution is 1.17. The Morgan fingerprint density at radius 1 is 0.358 bits per heavy atom. The Labute approximate surface area is 306 Å². The Kier molecular flexibility index (Phi) is 6.52. The van der Waals surface area contributed by atoms with Crippen LogP contribution in [0.15, 0.2) is 182 Å². The Bertz CT molecular complexity index is 2950. The molecule has 11 rings (SSSR count). The molecule has 1 aliphatic rings. The molecular weight excluding hydrogens is 645 g/mol. The molecule has 3 aromatic heterocycles. The summed E-state index contributed by atoms with van der Waals surface area (Å²) in [4.78, 5) is 15.1. The zero-order chi connectivity index (χ0) is 34.9. The number of nitrogens with zero attached hydrogens (tertiary/aromatic N) is 4. The van der Waals surface area contributed by atoms with Crippen LogP contribution in [0.2, 0.25) is 0 Å². The summed E-state index contributed by atoms with van der Waals surface area (Å²) >= 11 is 0. The van der Waals surface area contributed by atoms with Gasteiger partial charge in [0.25, 0.3) is 0 Å². The molecule has 0 saturated carbocycles. The zero-order valence-corrected chi connectivity index (χ0v) is 28.6. The fourth-order valence-corrected chi connectivity index (χ4v) is 8.19. The predicted molar refractivity (Wildman–Crippen MR) is 218 cm³/mol. The zero-order valence-electron chi connectivity index (χ0n) is 28.6. The van der Waals surface area contributed by atoms with Crippen LogP contribution in [0.5, 0.6) is 0 Å². The summed E-state index contributed by atoms with van der Waals surface area (Å²) in [5, 5.41) is 4.92. The first-order valence-corrected chi connectivity index (χ1v) is 17.9. The third-order valence-corrected chi connectivity index (χ3v) is 10.7. The molecule has 0 fully saturated rings. The number of aromatic nitrogens is 4. The van der Waals surface area contributed by atoms with Crippen molar-refractivity contribution in [3.05, 3.63) is 182 Å². The molecule has 53 heavy (non-hydrogen) atoms. The Balaban J connectivity index is 1.07. The summed E-state index contributed by atoms with van der Waals surface area (Å²) in [5.41, 5.74) is 15.4. The van der Waals surface area contributed by atoms with Crippen molar-refractivity contribution in [2.24, 2.45) is 0 Å². The largest absolute Gasteiger partial charge is 0.309 e. The lowest BCUT2D eigenvalue weighted by atomic mass is 9.97. The van der Waals surface area contributed by atoms with Crippen molar-refractivity contribution >= 4 is 32.6 Å². The summed E-state index contributed by atoms with van der Waals surface area (Å²) in [6.45, 7) is 0. The van der Waals surface area contributed by atoms with Crippen LogP contribution >= 0.6 is 0 Å². The highest BCUT2D eigenvalue weighted by Crippen LogP contribution is 2.49. The summed E-state index contributed by atoms with van der Waals surface area (Å²) in [7, 11) is 0. The van der Waals surface area contributed by atoms with Crippen LogP contribution < -0.4 is 0 Å². The molecular formula is C49H30N4. The molecule has 3 heterocycles. The molecule has 0 atom stereocenters. The van der Waals surface area contributed by atoms with E-state index in [1.54, 1.807) is 0 Å². The van der Waals surface area contributed by atoms with E-state index in [0.29, 0.717) is 5.82 Å². The van der Waals surface area contributed by atoms with E-state index in [4.69, 9.17) is 9.97 Å². The fraction of sp³-hybridized carbons (Fsp3) is 0.